The van der Waals surface area contributed by atoms with Crippen LogP contribution in [0, 0.1) is 0 Å². The van der Waals surface area contributed by atoms with E-state index in [0.717, 1.165) is 11.8 Å². The molecule has 2 aromatic rings. The zero-order valence-electron chi connectivity index (χ0n) is 13.9. The van der Waals surface area contributed by atoms with Crippen LogP contribution in [-0.2, 0) is 14.6 Å². The van der Waals surface area contributed by atoms with Crippen molar-refractivity contribution in [2.75, 3.05) is 18.2 Å². The van der Waals surface area contributed by atoms with Gasteiger partial charge in [-0.2, -0.15) is 0 Å². The van der Waals surface area contributed by atoms with E-state index in [2.05, 4.69) is 19.2 Å². The number of para-hydroxylation sites is 1. The van der Waals surface area contributed by atoms with E-state index >= 15 is 0 Å². The van der Waals surface area contributed by atoms with E-state index < -0.39 is 15.7 Å². The first-order valence-electron chi connectivity index (χ1n) is 7.59. The summed E-state index contributed by atoms with van der Waals surface area (Å²) in [6, 6.07) is 13.8. The topological polar surface area (TPSA) is 72.5 Å². The van der Waals surface area contributed by atoms with E-state index in [-0.39, 0.29) is 17.2 Å². The molecule has 0 aliphatic heterocycles. The SMILES string of the molecule is CC(C)c1cccc(OCC(=O)Nc2ccccc2S(C)(=O)=O)c1. The summed E-state index contributed by atoms with van der Waals surface area (Å²) < 4.78 is 29.0. The second kappa shape index (κ2) is 7.49. The fourth-order valence-corrected chi connectivity index (χ4v) is 3.04. The van der Waals surface area contributed by atoms with Crippen LogP contribution < -0.4 is 10.1 Å². The van der Waals surface area contributed by atoms with Gasteiger partial charge in [0.25, 0.3) is 5.91 Å². The molecule has 0 atom stereocenters. The largest absolute Gasteiger partial charge is 0.484 e. The number of ether oxygens (including phenoxy) is 1. The highest BCUT2D eigenvalue weighted by molar-refractivity contribution is 7.90. The quantitative estimate of drug-likeness (QED) is 0.871. The molecule has 0 bridgehead atoms. The first-order valence-corrected chi connectivity index (χ1v) is 9.48. The molecule has 0 heterocycles. The Hall–Kier alpha value is -2.34. The summed E-state index contributed by atoms with van der Waals surface area (Å²) in [5.74, 6) is 0.554. The summed E-state index contributed by atoms with van der Waals surface area (Å²) in [5.41, 5.74) is 1.37. The van der Waals surface area contributed by atoms with E-state index in [1.54, 1.807) is 24.3 Å². The van der Waals surface area contributed by atoms with Gasteiger partial charge in [0, 0.05) is 6.26 Å². The molecule has 0 aromatic heterocycles. The number of carbonyl (C=O) groups is 1. The number of nitrogens with one attached hydrogen (secondary N) is 1. The van der Waals surface area contributed by atoms with Crippen LogP contribution in [0.25, 0.3) is 0 Å². The van der Waals surface area contributed by atoms with Crippen molar-refractivity contribution in [2.45, 2.75) is 24.7 Å². The molecule has 128 valence electrons. The molecule has 2 aromatic carbocycles. The Morgan fingerprint density at radius 1 is 1.12 bits per heavy atom. The summed E-state index contributed by atoms with van der Waals surface area (Å²) >= 11 is 0. The molecule has 0 saturated carbocycles. The molecule has 0 unspecified atom stereocenters. The number of anilines is 1. The van der Waals surface area contributed by atoms with Crippen molar-refractivity contribution in [3.05, 3.63) is 54.1 Å². The molecule has 1 amide bonds. The van der Waals surface area contributed by atoms with Crippen LogP contribution >= 0.6 is 0 Å². The Morgan fingerprint density at radius 3 is 2.50 bits per heavy atom. The number of amides is 1. The third-order valence-electron chi connectivity index (χ3n) is 3.46. The van der Waals surface area contributed by atoms with Gasteiger partial charge in [-0.25, -0.2) is 8.42 Å². The van der Waals surface area contributed by atoms with E-state index in [0.29, 0.717) is 11.7 Å². The lowest BCUT2D eigenvalue weighted by Gasteiger charge is -2.12. The third kappa shape index (κ3) is 4.83. The van der Waals surface area contributed by atoms with Gasteiger partial charge in [-0.15, -0.1) is 0 Å². The standard InChI is InChI=1S/C18H21NO4S/c1-13(2)14-7-6-8-15(11-14)23-12-18(20)19-16-9-4-5-10-17(16)24(3,21)22/h4-11,13H,12H2,1-3H3,(H,19,20). The predicted molar refractivity (Wildman–Crippen MR) is 94.2 cm³/mol. The predicted octanol–water partition coefficient (Wildman–Crippen LogP) is 3.23. The van der Waals surface area contributed by atoms with Crippen LogP contribution in [0.4, 0.5) is 5.69 Å². The molecule has 5 nitrogen and oxygen atoms in total. The van der Waals surface area contributed by atoms with Gasteiger partial charge in [0.15, 0.2) is 16.4 Å². The molecular weight excluding hydrogens is 326 g/mol. The maximum atomic E-state index is 12.1. The summed E-state index contributed by atoms with van der Waals surface area (Å²) in [5, 5.41) is 2.58. The maximum absolute atomic E-state index is 12.1. The minimum absolute atomic E-state index is 0.0835. The lowest BCUT2D eigenvalue weighted by molar-refractivity contribution is -0.118. The Kier molecular flexibility index (Phi) is 5.62. The fraction of sp³-hybridized carbons (Fsp3) is 0.278. The first-order chi connectivity index (χ1) is 11.3. The highest BCUT2D eigenvalue weighted by Gasteiger charge is 2.14. The number of sulfone groups is 1. The van der Waals surface area contributed by atoms with Crippen LogP contribution in [0.3, 0.4) is 0 Å². The zero-order chi connectivity index (χ0) is 17.7. The zero-order valence-corrected chi connectivity index (χ0v) is 14.8. The average Bonchev–Trinajstić information content (AvgIpc) is 2.52. The summed E-state index contributed by atoms with van der Waals surface area (Å²) in [6.07, 6.45) is 1.10. The summed E-state index contributed by atoms with van der Waals surface area (Å²) in [4.78, 5) is 12.1. The van der Waals surface area contributed by atoms with Gasteiger partial charge >= 0.3 is 0 Å². The Balaban J connectivity index is 2.04. The second-order valence-electron chi connectivity index (χ2n) is 5.83. The van der Waals surface area contributed by atoms with Gasteiger partial charge in [0.2, 0.25) is 0 Å². The van der Waals surface area contributed by atoms with Crippen LogP contribution in [0.2, 0.25) is 0 Å². The van der Waals surface area contributed by atoms with Crippen LogP contribution in [-0.4, -0.2) is 27.2 Å². The third-order valence-corrected chi connectivity index (χ3v) is 4.61. The molecular formula is C18H21NO4S. The van der Waals surface area contributed by atoms with Crippen LogP contribution in [0.5, 0.6) is 5.75 Å². The monoisotopic (exact) mass is 347 g/mol. The van der Waals surface area contributed by atoms with Crippen molar-refractivity contribution in [1.82, 2.24) is 0 Å². The van der Waals surface area contributed by atoms with Gasteiger partial charge in [-0.1, -0.05) is 38.1 Å². The molecule has 0 spiro atoms. The summed E-state index contributed by atoms with van der Waals surface area (Å²) in [7, 11) is -3.42. The van der Waals surface area contributed by atoms with Gasteiger partial charge in [0.05, 0.1) is 10.6 Å². The molecule has 0 fully saturated rings. The van der Waals surface area contributed by atoms with Crippen LogP contribution in [0.1, 0.15) is 25.3 Å². The van der Waals surface area contributed by atoms with Crippen molar-refractivity contribution < 1.29 is 17.9 Å². The highest BCUT2D eigenvalue weighted by atomic mass is 32.2. The van der Waals surface area contributed by atoms with Gasteiger partial charge in [-0.05, 0) is 35.7 Å². The van der Waals surface area contributed by atoms with E-state index in [1.807, 2.05) is 18.2 Å². The van der Waals surface area contributed by atoms with Crippen molar-refractivity contribution in [1.29, 1.82) is 0 Å². The second-order valence-corrected chi connectivity index (χ2v) is 7.82. The molecule has 0 aliphatic rings. The number of hydrogen-bond acceptors (Lipinski definition) is 4. The molecule has 1 N–H and O–H groups in total. The Labute approximate surface area is 142 Å². The molecule has 0 aliphatic carbocycles. The van der Waals surface area contributed by atoms with Crippen LogP contribution in [0.15, 0.2) is 53.4 Å². The number of carbonyl (C=O) groups excluding carboxylic acids is 1. The van der Waals surface area contributed by atoms with Gasteiger partial charge in [-0.3, -0.25) is 4.79 Å². The molecule has 6 heteroatoms. The van der Waals surface area contributed by atoms with Gasteiger partial charge in [0.1, 0.15) is 5.75 Å². The fourth-order valence-electron chi connectivity index (χ4n) is 2.19. The molecule has 0 radical (unpaired) electrons. The number of hydrogen-bond donors (Lipinski definition) is 1. The minimum atomic E-state index is -3.42. The van der Waals surface area contributed by atoms with Gasteiger partial charge < -0.3 is 10.1 Å². The van der Waals surface area contributed by atoms with E-state index in [4.69, 9.17) is 4.74 Å². The first kappa shape index (κ1) is 18.0. The Morgan fingerprint density at radius 2 is 1.83 bits per heavy atom. The normalized spacial score (nSPS) is 11.3. The smallest absolute Gasteiger partial charge is 0.262 e. The molecule has 0 saturated heterocycles. The number of rotatable bonds is 6. The van der Waals surface area contributed by atoms with Crippen molar-refractivity contribution in [3.8, 4) is 5.75 Å². The lowest BCUT2D eigenvalue weighted by atomic mass is 10.0. The number of benzene rings is 2. The lowest BCUT2D eigenvalue weighted by Crippen LogP contribution is -2.21. The molecule has 2 rings (SSSR count). The van der Waals surface area contributed by atoms with Crippen molar-refractivity contribution in [3.63, 3.8) is 0 Å². The van der Waals surface area contributed by atoms with E-state index in [1.165, 1.54) is 6.07 Å². The minimum Gasteiger partial charge on any atom is -0.484 e. The Bertz CT molecular complexity index is 828. The highest BCUT2D eigenvalue weighted by Crippen LogP contribution is 2.22. The van der Waals surface area contributed by atoms with Crippen molar-refractivity contribution in [2.24, 2.45) is 0 Å². The van der Waals surface area contributed by atoms with E-state index in [9.17, 15) is 13.2 Å². The maximum Gasteiger partial charge on any atom is 0.262 e. The average molecular weight is 347 g/mol. The molecule has 24 heavy (non-hydrogen) atoms. The van der Waals surface area contributed by atoms with Crippen molar-refractivity contribution >= 4 is 21.4 Å². The summed E-state index contributed by atoms with van der Waals surface area (Å²) in [6.45, 7) is 3.96.